The molecule has 0 aliphatic carbocycles. The molecular weight excluding hydrogens is 364 g/mol. The molecule has 0 spiro atoms. The summed E-state index contributed by atoms with van der Waals surface area (Å²) >= 11 is 0. The van der Waals surface area contributed by atoms with Gasteiger partial charge < -0.3 is 33.6 Å². The average Bonchev–Trinajstić information content (AvgIpc) is 2.20. The van der Waals surface area contributed by atoms with Crippen molar-refractivity contribution in [3.63, 3.8) is 0 Å². The van der Waals surface area contributed by atoms with Crippen LogP contribution in [0.15, 0.2) is 0 Å². The minimum Gasteiger partial charge on any atom is -0.300 e. The van der Waals surface area contributed by atoms with Gasteiger partial charge in [0.2, 0.25) is 0 Å². The third-order valence-corrected chi connectivity index (χ3v) is 0. The largest absolute Gasteiger partial charge is 0.300 e. The highest BCUT2D eigenvalue weighted by atomic mass is 16.1. The van der Waals surface area contributed by atoms with Crippen LogP contribution in [0, 0.1) is 0 Å². The highest BCUT2D eigenvalue weighted by Gasteiger charge is 1.64. The molecule has 0 fully saturated rings. The van der Waals surface area contributed by atoms with Gasteiger partial charge in [-0.2, -0.15) is 0 Å². The number of carbonyl (C=O) groups is 7. The first kappa shape index (κ1) is 44.8. The van der Waals surface area contributed by atoms with Crippen LogP contribution in [0.2, 0.25) is 0 Å². The number of ketones is 7. The molecule has 7 heteroatoms. The highest BCUT2D eigenvalue weighted by Crippen LogP contribution is 1.52. The summed E-state index contributed by atoms with van der Waals surface area (Å²) in [5.41, 5.74) is 0. The summed E-state index contributed by atoms with van der Waals surface area (Å²) in [5, 5.41) is 0. The van der Waals surface area contributed by atoms with Gasteiger partial charge in [-0.15, -0.1) is 0 Å². The molecule has 0 unspecified atom stereocenters. The Labute approximate surface area is 171 Å². The van der Waals surface area contributed by atoms with Crippen molar-refractivity contribution in [2.45, 2.75) is 96.9 Å². The van der Waals surface area contributed by atoms with E-state index in [9.17, 15) is 33.6 Å². The molecule has 0 saturated carbocycles. The molecule has 0 heterocycles. The molecule has 0 aromatic heterocycles. The molecule has 0 radical (unpaired) electrons. The number of Topliss-reactive ketones (excluding diaryl/α,β-unsaturated/α-hetero) is 7. The molecule has 0 aromatic rings. The van der Waals surface area contributed by atoms with Gasteiger partial charge in [0, 0.05) is 0 Å². The molecular formula is C21H42O7. The average molecular weight is 407 g/mol. The third kappa shape index (κ3) is 2290. The van der Waals surface area contributed by atoms with Crippen molar-refractivity contribution in [2.24, 2.45) is 0 Å². The predicted molar refractivity (Wildman–Crippen MR) is 114 cm³/mol. The van der Waals surface area contributed by atoms with E-state index in [-0.39, 0.29) is 40.5 Å². The van der Waals surface area contributed by atoms with Crippen molar-refractivity contribution in [3.05, 3.63) is 0 Å². The van der Waals surface area contributed by atoms with Crippen LogP contribution in [0.5, 0.6) is 0 Å². The van der Waals surface area contributed by atoms with Crippen molar-refractivity contribution in [3.8, 4) is 0 Å². The zero-order valence-corrected chi connectivity index (χ0v) is 20.4. The van der Waals surface area contributed by atoms with E-state index in [1.807, 2.05) is 0 Å². The minimum absolute atomic E-state index is 0.167. The van der Waals surface area contributed by atoms with Crippen LogP contribution in [0.1, 0.15) is 96.9 Å². The van der Waals surface area contributed by atoms with Gasteiger partial charge in [0.25, 0.3) is 0 Å². The quantitative estimate of drug-likeness (QED) is 0.592. The zero-order chi connectivity index (χ0) is 25.0. The Bertz CT molecular complexity index is 302. The molecule has 7 nitrogen and oxygen atoms in total. The number of hydrogen-bond acceptors (Lipinski definition) is 7. The highest BCUT2D eigenvalue weighted by molar-refractivity contribution is 5.73. The fourth-order valence-electron chi connectivity index (χ4n) is 0. The van der Waals surface area contributed by atoms with Gasteiger partial charge in [-0.25, -0.2) is 0 Å². The van der Waals surface area contributed by atoms with Gasteiger partial charge in [0.15, 0.2) is 0 Å². The first-order chi connectivity index (χ1) is 12.1. The molecule has 168 valence electrons. The smallest absolute Gasteiger partial charge is 0.126 e. The Hall–Kier alpha value is -2.31. The number of carbonyl (C=O) groups excluding carboxylic acids is 7. The Morgan fingerprint density at radius 1 is 0.214 bits per heavy atom. The summed E-state index contributed by atoms with van der Waals surface area (Å²) in [6.45, 7) is 21.4. The van der Waals surface area contributed by atoms with Crippen molar-refractivity contribution in [2.75, 3.05) is 0 Å². The van der Waals surface area contributed by atoms with Crippen molar-refractivity contribution in [1.82, 2.24) is 0 Å². The lowest BCUT2D eigenvalue weighted by Crippen LogP contribution is -1.69. The molecule has 0 N–H and O–H groups in total. The van der Waals surface area contributed by atoms with Gasteiger partial charge >= 0.3 is 0 Å². The maximum atomic E-state index is 9.44. The summed E-state index contributed by atoms with van der Waals surface area (Å²) in [6.07, 6.45) is 0. The van der Waals surface area contributed by atoms with Crippen molar-refractivity contribution >= 4 is 40.5 Å². The van der Waals surface area contributed by atoms with E-state index >= 15 is 0 Å². The fraction of sp³-hybridized carbons (Fsp3) is 0.667. The van der Waals surface area contributed by atoms with Gasteiger partial charge in [-0.3, -0.25) is 0 Å². The summed E-state index contributed by atoms with van der Waals surface area (Å²) in [6, 6.07) is 0. The van der Waals surface area contributed by atoms with Crippen LogP contribution < -0.4 is 0 Å². The van der Waals surface area contributed by atoms with Gasteiger partial charge in [-0.05, 0) is 96.9 Å². The first-order valence-corrected chi connectivity index (χ1v) is 8.43. The molecule has 0 aliphatic rings. The minimum atomic E-state index is 0.167. The van der Waals surface area contributed by atoms with Crippen LogP contribution in [0.25, 0.3) is 0 Å². The summed E-state index contributed by atoms with van der Waals surface area (Å²) in [4.78, 5) is 66.1. The van der Waals surface area contributed by atoms with E-state index in [0.717, 1.165) is 0 Å². The summed E-state index contributed by atoms with van der Waals surface area (Å²) in [5.74, 6) is 1.17. The second-order valence-corrected chi connectivity index (χ2v) is 6.36. The molecule has 0 saturated heterocycles. The van der Waals surface area contributed by atoms with E-state index in [1.165, 1.54) is 96.9 Å². The van der Waals surface area contributed by atoms with Crippen LogP contribution in [-0.4, -0.2) is 40.5 Å². The zero-order valence-electron chi connectivity index (χ0n) is 20.4. The lowest BCUT2D eigenvalue weighted by atomic mass is 10.6. The van der Waals surface area contributed by atoms with Crippen molar-refractivity contribution < 1.29 is 33.6 Å². The summed E-state index contributed by atoms with van der Waals surface area (Å²) < 4.78 is 0. The van der Waals surface area contributed by atoms with Crippen molar-refractivity contribution in [1.29, 1.82) is 0 Å². The maximum Gasteiger partial charge on any atom is 0.126 e. The Morgan fingerprint density at radius 3 is 0.214 bits per heavy atom. The van der Waals surface area contributed by atoms with Gasteiger partial charge in [0.1, 0.15) is 40.5 Å². The van der Waals surface area contributed by atoms with Gasteiger partial charge in [0.05, 0.1) is 0 Å². The van der Waals surface area contributed by atoms with Crippen LogP contribution in [0.3, 0.4) is 0 Å². The van der Waals surface area contributed by atoms with E-state index in [1.54, 1.807) is 0 Å². The lowest BCUT2D eigenvalue weighted by Gasteiger charge is -1.56. The Morgan fingerprint density at radius 2 is 0.214 bits per heavy atom. The molecule has 0 atom stereocenters. The second-order valence-electron chi connectivity index (χ2n) is 6.36. The van der Waals surface area contributed by atoms with E-state index in [0.29, 0.717) is 0 Å². The Balaban J connectivity index is -0.0000000367. The molecule has 0 bridgehead atoms. The SMILES string of the molecule is CC(C)=O.CC(C)=O.CC(C)=O.CC(C)=O.CC(C)=O.CC(C)=O.CC(C)=O. The van der Waals surface area contributed by atoms with E-state index in [2.05, 4.69) is 0 Å². The van der Waals surface area contributed by atoms with Gasteiger partial charge in [-0.1, -0.05) is 0 Å². The summed E-state index contributed by atoms with van der Waals surface area (Å²) in [7, 11) is 0. The Kier molecular flexibility index (Phi) is 63.5. The topological polar surface area (TPSA) is 119 Å². The fourth-order valence-corrected chi connectivity index (χ4v) is 0. The normalized spacial score (nSPS) is 6.50. The van der Waals surface area contributed by atoms with Crippen LogP contribution in [0.4, 0.5) is 0 Å². The van der Waals surface area contributed by atoms with Crippen LogP contribution >= 0.6 is 0 Å². The number of rotatable bonds is 0. The standard InChI is InChI=1S/7C3H6O/c7*1-3(2)4/h7*1-2H3. The molecule has 0 amide bonds. The van der Waals surface area contributed by atoms with E-state index < -0.39 is 0 Å². The molecule has 0 rings (SSSR count). The number of hydrogen-bond donors (Lipinski definition) is 0. The third-order valence-electron chi connectivity index (χ3n) is 0. The molecule has 28 heavy (non-hydrogen) atoms. The second kappa shape index (κ2) is 39.7. The molecule has 0 aromatic carbocycles. The lowest BCUT2D eigenvalue weighted by molar-refractivity contribution is -0.115. The van der Waals surface area contributed by atoms with E-state index in [4.69, 9.17) is 0 Å². The monoisotopic (exact) mass is 406 g/mol. The molecule has 0 aliphatic heterocycles. The van der Waals surface area contributed by atoms with Crippen LogP contribution in [-0.2, 0) is 33.6 Å². The first-order valence-electron chi connectivity index (χ1n) is 8.43. The maximum absolute atomic E-state index is 9.44. The predicted octanol–water partition coefficient (Wildman–Crippen LogP) is 4.17.